The lowest BCUT2D eigenvalue weighted by atomic mass is 10.1. The second kappa shape index (κ2) is 9.64. The number of ether oxygens (including phenoxy) is 1. The number of carbonyl (C=O) groups excluding carboxylic acids is 3. The summed E-state index contributed by atoms with van der Waals surface area (Å²) in [4.78, 5) is 35.5. The number of rotatable bonds is 8. The molecule has 0 saturated carbocycles. The lowest BCUT2D eigenvalue weighted by Crippen LogP contribution is -2.40. The van der Waals surface area contributed by atoms with Crippen LogP contribution in [0.15, 0.2) is 53.4 Å². The number of amides is 1. The van der Waals surface area contributed by atoms with E-state index in [9.17, 15) is 22.8 Å². The van der Waals surface area contributed by atoms with Crippen molar-refractivity contribution < 1.29 is 27.5 Å². The molecule has 2 N–H and O–H groups in total. The molecule has 0 aromatic heterocycles. The van der Waals surface area contributed by atoms with Crippen LogP contribution in [-0.4, -0.2) is 38.7 Å². The lowest BCUT2D eigenvalue weighted by Gasteiger charge is -2.14. The van der Waals surface area contributed by atoms with Crippen molar-refractivity contribution in [3.63, 3.8) is 0 Å². The number of benzene rings is 2. The minimum absolute atomic E-state index is 0.0693. The highest BCUT2D eigenvalue weighted by Crippen LogP contribution is 2.16. The minimum atomic E-state index is -3.97. The van der Waals surface area contributed by atoms with Crippen LogP contribution in [0, 0.1) is 0 Å². The van der Waals surface area contributed by atoms with E-state index in [1.807, 2.05) is 0 Å². The van der Waals surface area contributed by atoms with E-state index in [0.29, 0.717) is 10.6 Å². The maximum Gasteiger partial charge on any atom is 0.324 e. The Morgan fingerprint density at radius 1 is 1.07 bits per heavy atom. The molecule has 0 bridgehead atoms. The van der Waals surface area contributed by atoms with Gasteiger partial charge in [0, 0.05) is 10.6 Å². The zero-order valence-corrected chi connectivity index (χ0v) is 17.2. The Kier molecular flexibility index (Phi) is 7.49. The SMILES string of the molecule is CC(=O)c1ccccc1NC(=O)COC(=O)[C@H](C)NS(=O)(=O)c1ccc(Cl)cc1. The van der Waals surface area contributed by atoms with Gasteiger partial charge in [0.25, 0.3) is 5.91 Å². The van der Waals surface area contributed by atoms with E-state index < -0.39 is 34.5 Å². The number of esters is 1. The van der Waals surface area contributed by atoms with Crippen LogP contribution < -0.4 is 10.0 Å². The molecule has 0 aliphatic heterocycles. The number of sulfonamides is 1. The molecule has 0 aliphatic rings. The van der Waals surface area contributed by atoms with Gasteiger partial charge in [-0.3, -0.25) is 14.4 Å². The number of ketones is 1. The van der Waals surface area contributed by atoms with Crippen molar-refractivity contribution in [3.05, 3.63) is 59.1 Å². The summed E-state index contributed by atoms with van der Waals surface area (Å²) in [6, 6.07) is 10.6. The first kappa shape index (κ1) is 22.5. The third-order valence-corrected chi connectivity index (χ3v) is 5.54. The Morgan fingerprint density at radius 3 is 2.31 bits per heavy atom. The summed E-state index contributed by atoms with van der Waals surface area (Å²) < 4.78 is 31.6. The van der Waals surface area contributed by atoms with Gasteiger partial charge < -0.3 is 10.1 Å². The van der Waals surface area contributed by atoms with Gasteiger partial charge in [0.2, 0.25) is 10.0 Å². The maximum absolute atomic E-state index is 12.3. The van der Waals surface area contributed by atoms with Gasteiger partial charge in [0.05, 0.1) is 10.6 Å². The zero-order chi connectivity index (χ0) is 21.6. The minimum Gasteiger partial charge on any atom is -0.454 e. The number of nitrogens with one attached hydrogen (secondary N) is 2. The van der Waals surface area contributed by atoms with Gasteiger partial charge in [-0.05, 0) is 50.2 Å². The molecule has 8 nitrogen and oxygen atoms in total. The molecule has 154 valence electrons. The Hall–Kier alpha value is -2.75. The third kappa shape index (κ3) is 6.38. The number of carbonyl (C=O) groups is 3. The predicted molar refractivity (Wildman–Crippen MR) is 107 cm³/mol. The summed E-state index contributed by atoms with van der Waals surface area (Å²) in [5.41, 5.74) is 0.605. The van der Waals surface area contributed by atoms with Crippen molar-refractivity contribution in [3.8, 4) is 0 Å². The maximum atomic E-state index is 12.3. The molecule has 0 unspecified atom stereocenters. The van der Waals surface area contributed by atoms with Crippen molar-refractivity contribution in [2.24, 2.45) is 0 Å². The normalized spacial score (nSPS) is 12.1. The van der Waals surface area contributed by atoms with Crippen molar-refractivity contribution >= 4 is 45.0 Å². The van der Waals surface area contributed by atoms with E-state index in [4.69, 9.17) is 16.3 Å². The fraction of sp³-hybridized carbons (Fsp3) is 0.211. The second-order valence-corrected chi connectivity index (χ2v) is 8.20. The van der Waals surface area contributed by atoms with Gasteiger partial charge in [-0.25, -0.2) is 8.42 Å². The first-order valence-corrected chi connectivity index (χ1v) is 10.3. The van der Waals surface area contributed by atoms with Crippen LogP contribution in [0.1, 0.15) is 24.2 Å². The van der Waals surface area contributed by atoms with Crippen molar-refractivity contribution in [1.29, 1.82) is 0 Å². The topological polar surface area (TPSA) is 119 Å². The van der Waals surface area contributed by atoms with Crippen LogP contribution in [0.2, 0.25) is 5.02 Å². The first-order valence-electron chi connectivity index (χ1n) is 8.44. The third-order valence-electron chi connectivity index (χ3n) is 3.74. The first-order chi connectivity index (χ1) is 13.6. The molecule has 2 aromatic carbocycles. The zero-order valence-electron chi connectivity index (χ0n) is 15.6. The van der Waals surface area contributed by atoms with Crippen molar-refractivity contribution in [2.75, 3.05) is 11.9 Å². The summed E-state index contributed by atoms with van der Waals surface area (Å²) in [5, 5.41) is 2.85. The molecule has 0 spiro atoms. The largest absolute Gasteiger partial charge is 0.454 e. The molecule has 10 heteroatoms. The van der Waals surface area contributed by atoms with Gasteiger partial charge in [0.1, 0.15) is 6.04 Å². The monoisotopic (exact) mass is 438 g/mol. The van der Waals surface area contributed by atoms with Gasteiger partial charge in [-0.15, -0.1) is 0 Å². The Balaban J connectivity index is 1.92. The Morgan fingerprint density at radius 2 is 1.69 bits per heavy atom. The van der Waals surface area contributed by atoms with Gasteiger partial charge in [0.15, 0.2) is 12.4 Å². The fourth-order valence-electron chi connectivity index (χ4n) is 2.31. The standard InChI is InChI=1S/C19H19ClN2O6S/c1-12(22-29(26,27)15-9-7-14(20)8-10-15)19(25)28-11-18(24)21-17-6-4-3-5-16(17)13(2)23/h3-10,12,22H,11H2,1-2H3,(H,21,24)/t12-/m0/s1. The van der Waals surface area contributed by atoms with Crippen molar-refractivity contribution in [2.45, 2.75) is 24.8 Å². The number of hydrogen-bond donors (Lipinski definition) is 2. The molecule has 2 rings (SSSR count). The summed E-state index contributed by atoms with van der Waals surface area (Å²) in [6.45, 7) is 2.01. The Labute approximate surface area is 173 Å². The predicted octanol–water partition coefficient (Wildman–Crippen LogP) is 2.39. The second-order valence-electron chi connectivity index (χ2n) is 6.05. The summed E-state index contributed by atoms with van der Waals surface area (Å²) in [6.07, 6.45) is 0. The molecular weight excluding hydrogens is 420 g/mol. The highest BCUT2D eigenvalue weighted by molar-refractivity contribution is 7.89. The van der Waals surface area contributed by atoms with Crippen molar-refractivity contribution in [1.82, 2.24) is 4.72 Å². The molecule has 1 atom stereocenters. The van der Waals surface area contributed by atoms with Crippen LogP contribution in [0.5, 0.6) is 0 Å². The molecule has 0 heterocycles. The van der Waals surface area contributed by atoms with E-state index in [1.54, 1.807) is 24.3 Å². The number of para-hydroxylation sites is 1. The number of anilines is 1. The van der Waals surface area contributed by atoms with Crippen LogP contribution in [-0.2, 0) is 24.3 Å². The quantitative estimate of drug-likeness (QED) is 0.482. The number of halogens is 1. The van der Waals surface area contributed by atoms with Gasteiger partial charge >= 0.3 is 5.97 Å². The van der Waals surface area contributed by atoms with Gasteiger partial charge in [-0.2, -0.15) is 4.72 Å². The molecule has 29 heavy (non-hydrogen) atoms. The number of hydrogen-bond acceptors (Lipinski definition) is 6. The van der Waals surface area contributed by atoms with E-state index in [1.165, 1.54) is 38.1 Å². The fourth-order valence-corrected chi connectivity index (χ4v) is 3.63. The van der Waals surface area contributed by atoms with E-state index in [2.05, 4.69) is 10.0 Å². The Bertz CT molecular complexity index is 1020. The lowest BCUT2D eigenvalue weighted by molar-refractivity contribution is -0.148. The molecule has 0 fully saturated rings. The molecule has 0 radical (unpaired) electrons. The summed E-state index contributed by atoms with van der Waals surface area (Å²) >= 11 is 5.73. The van der Waals surface area contributed by atoms with Gasteiger partial charge in [-0.1, -0.05) is 23.7 Å². The molecule has 0 aliphatic carbocycles. The molecule has 0 saturated heterocycles. The van der Waals surface area contributed by atoms with E-state index >= 15 is 0 Å². The summed E-state index contributed by atoms with van der Waals surface area (Å²) in [5.74, 6) is -1.83. The highest BCUT2D eigenvalue weighted by Gasteiger charge is 2.24. The molecular formula is C19H19ClN2O6S. The molecule has 1 amide bonds. The van der Waals surface area contributed by atoms with Crippen LogP contribution >= 0.6 is 11.6 Å². The number of Topliss-reactive ketones (excluding diaryl/α,β-unsaturated/α-hetero) is 1. The van der Waals surface area contributed by atoms with Crippen LogP contribution in [0.25, 0.3) is 0 Å². The average Bonchev–Trinajstić information content (AvgIpc) is 2.66. The van der Waals surface area contributed by atoms with E-state index in [-0.39, 0.29) is 16.4 Å². The average molecular weight is 439 g/mol. The van der Waals surface area contributed by atoms with Crippen LogP contribution in [0.4, 0.5) is 5.69 Å². The highest BCUT2D eigenvalue weighted by atomic mass is 35.5. The van der Waals surface area contributed by atoms with E-state index in [0.717, 1.165) is 0 Å². The van der Waals surface area contributed by atoms with Crippen LogP contribution in [0.3, 0.4) is 0 Å². The smallest absolute Gasteiger partial charge is 0.324 e. The summed E-state index contributed by atoms with van der Waals surface area (Å²) in [7, 11) is -3.97. The molecule has 2 aromatic rings.